The monoisotopic (exact) mass is 288 g/mol. The van der Waals surface area contributed by atoms with Crippen LogP contribution in [0.4, 0.5) is 5.69 Å². The maximum absolute atomic E-state index is 3.66. The van der Waals surface area contributed by atoms with E-state index in [-0.39, 0.29) is 0 Å². The number of unbranched alkanes of at least 4 members (excludes halogenated alkanes) is 4. The lowest BCUT2D eigenvalue weighted by atomic mass is 10.0. The van der Waals surface area contributed by atoms with Crippen molar-refractivity contribution in [2.45, 2.75) is 64.8 Å². The lowest BCUT2D eigenvalue weighted by molar-refractivity contribution is 0.510. The van der Waals surface area contributed by atoms with Crippen molar-refractivity contribution in [3.63, 3.8) is 0 Å². The number of benzene rings is 1. The molecule has 2 heteroatoms. The van der Waals surface area contributed by atoms with Gasteiger partial charge in [-0.3, -0.25) is 0 Å². The van der Waals surface area contributed by atoms with Gasteiger partial charge in [-0.15, -0.1) is 0 Å². The molecule has 2 rings (SSSR count). The molecule has 0 fully saturated rings. The minimum atomic E-state index is 0.538. The Kier molecular flexibility index (Phi) is 7.08. The SMILES string of the molecule is CCCCCCCN1CCCC(NCC)c2ccccc21. The molecule has 1 aliphatic rings. The molecular formula is C19H32N2. The molecule has 0 aliphatic carbocycles. The summed E-state index contributed by atoms with van der Waals surface area (Å²) in [6.45, 7) is 7.98. The van der Waals surface area contributed by atoms with E-state index in [9.17, 15) is 0 Å². The number of para-hydroxylation sites is 1. The predicted molar refractivity (Wildman–Crippen MR) is 93.1 cm³/mol. The summed E-state index contributed by atoms with van der Waals surface area (Å²) in [7, 11) is 0. The van der Waals surface area contributed by atoms with Crippen LogP contribution in [0.3, 0.4) is 0 Å². The summed E-state index contributed by atoms with van der Waals surface area (Å²) >= 11 is 0. The minimum absolute atomic E-state index is 0.538. The van der Waals surface area contributed by atoms with E-state index in [0.717, 1.165) is 6.54 Å². The third-order valence-electron chi connectivity index (χ3n) is 4.56. The molecule has 0 aromatic heterocycles. The second-order valence-corrected chi connectivity index (χ2v) is 6.21. The van der Waals surface area contributed by atoms with Gasteiger partial charge >= 0.3 is 0 Å². The van der Waals surface area contributed by atoms with Gasteiger partial charge < -0.3 is 10.2 Å². The van der Waals surface area contributed by atoms with Gasteiger partial charge in [0.05, 0.1) is 0 Å². The van der Waals surface area contributed by atoms with E-state index in [2.05, 4.69) is 48.3 Å². The van der Waals surface area contributed by atoms with Gasteiger partial charge in [0.25, 0.3) is 0 Å². The first kappa shape index (κ1) is 16.4. The fraction of sp³-hybridized carbons (Fsp3) is 0.684. The lowest BCUT2D eigenvalue weighted by Crippen LogP contribution is -2.25. The zero-order chi connectivity index (χ0) is 14.9. The highest BCUT2D eigenvalue weighted by Gasteiger charge is 2.21. The van der Waals surface area contributed by atoms with Crippen LogP contribution < -0.4 is 10.2 Å². The van der Waals surface area contributed by atoms with Gasteiger partial charge in [-0.25, -0.2) is 0 Å². The number of anilines is 1. The highest BCUT2D eigenvalue weighted by atomic mass is 15.1. The quantitative estimate of drug-likeness (QED) is 0.684. The molecule has 2 nitrogen and oxygen atoms in total. The number of hydrogen-bond acceptors (Lipinski definition) is 2. The molecule has 118 valence electrons. The first-order valence-corrected chi connectivity index (χ1v) is 8.94. The summed E-state index contributed by atoms with van der Waals surface area (Å²) in [6, 6.07) is 9.55. The Bertz CT molecular complexity index is 402. The number of fused-ring (bicyclic) bond motifs is 1. The summed E-state index contributed by atoms with van der Waals surface area (Å²) in [5.74, 6) is 0. The Morgan fingerprint density at radius 1 is 1.10 bits per heavy atom. The Morgan fingerprint density at radius 2 is 1.90 bits per heavy atom. The Hall–Kier alpha value is -1.02. The van der Waals surface area contributed by atoms with E-state index in [1.165, 1.54) is 69.3 Å². The third-order valence-corrected chi connectivity index (χ3v) is 4.56. The molecule has 0 spiro atoms. The molecule has 0 radical (unpaired) electrons. The molecule has 1 N–H and O–H groups in total. The van der Waals surface area contributed by atoms with Gasteiger partial charge in [0.15, 0.2) is 0 Å². The number of hydrogen-bond donors (Lipinski definition) is 1. The Morgan fingerprint density at radius 3 is 2.71 bits per heavy atom. The van der Waals surface area contributed by atoms with Gasteiger partial charge in [-0.1, -0.05) is 57.7 Å². The average Bonchev–Trinajstić information content (AvgIpc) is 2.68. The molecule has 0 saturated carbocycles. The molecule has 1 unspecified atom stereocenters. The van der Waals surface area contributed by atoms with Gasteiger partial charge in [0.1, 0.15) is 0 Å². The van der Waals surface area contributed by atoms with Crippen LogP contribution in [0.15, 0.2) is 24.3 Å². The van der Waals surface area contributed by atoms with Crippen LogP contribution in [0.1, 0.15) is 70.4 Å². The van der Waals surface area contributed by atoms with Crippen molar-refractivity contribution >= 4 is 5.69 Å². The smallest absolute Gasteiger partial charge is 0.0414 e. The first-order valence-electron chi connectivity index (χ1n) is 8.94. The molecule has 1 aliphatic heterocycles. The maximum Gasteiger partial charge on any atom is 0.0414 e. The normalized spacial score (nSPS) is 18.4. The van der Waals surface area contributed by atoms with Gasteiger partial charge in [-0.2, -0.15) is 0 Å². The molecule has 0 bridgehead atoms. The van der Waals surface area contributed by atoms with Crippen LogP contribution >= 0.6 is 0 Å². The number of rotatable bonds is 8. The summed E-state index contributed by atoms with van der Waals surface area (Å²) in [4.78, 5) is 2.62. The zero-order valence-corrected chi connectivity index (χ0v) is 13.9. The van der Waals surface area contributed by atoms with Crippen LogP contribution in [0, 0.1) is 0 Å². The fourth-order valence-electron chi connectivity index (χ4n) is 3.43. The third kappa shape index (κ3) is 4.74. The van der Waals surface area contributed by atoms with E-state index >= 15 is 0 Å². The predicted octanol–water partition coefficient (Wildman–Crippen LogP) is 4.91. The number of nitrogens with zero attached hydrogens (tertiary/aromatic N) is 1. The van der Waals surface area contributed by atoms with E-state index in [1.54, 1.807) is 0 Å². The second kappa shape index (κ2) is 9.09. The van der Waals surface area contributed by atoms with E-state index in [0.29, 0.717) is 6.04 Å². The minimum Gasteiger partial charge on any atom is -0.371 e. The largest absolute Gasteiger partial charge is 0.371 e. The summed E-state index contributed by atoms with van der Waals surface area (Å²) in [5.41, 5.74) is 2.97. The molecule has 1 aromatic rings. The second-order valence-electron chi connectivity index (χ2n) is 6.21. The van der Waals surface area contributed by atoms with Crippen molar-refractivity contribution in [3.05, 3.63) is 29.8 Å². The van der Waals surface area contributed by atoms with Crippen molar-refractivity contribution in [2.75, 3.05) is 24.5 Å². The maximum atomic E-state index is 3.66. The number of nitrogens with one attached hydrogen (secondary N) is 1. The van der Waals surface area contributed by atoms with Crippen LogP contribution in [0.2, 0.25) is 0 Å². The lowest BCUT2D eigenvalue weighted by Gasteiger charge is -2.26. The van der Waals surface area contributed by atoms with Gasteiger partial charge in [-0.05, 0) is 37.4 Å². The summed E-state index contributed by atoms with van der Waals surface area (Å²) in [5, 5.41) is 3.66. The Labute approximate surface area is 130 Å². The molecular weight excluding hydrogens is 256 g/mol. The van der Waals surface area contributed by atoms with Crippen molar-refractivity contribution in [2.24, 2.45) is 0 Å². The van der Waals surface area contributed by atoms with Crippen LogP contribution in [-0.4, -0.2) is 19.6 Å². The van der Waals surface area contributed by atoms with Crippen molar-refractivity contribution < 1.29 is 0 Å². The van der Waals surface area contributed by atoms with Crippen molar-refractivity contribution in [3.8, 4) is 0 Å². The molecule has 21 heavy (non-hydrogen) atoms. The van der Waals surface area contributed by atoms with E-state index in [4.69, 9.17) is 0 Å². The van der Waals surface area contributed by atoms with Crippen molar-refractivity contribution in [1.82, 2.24) is 5.32 Å². The molecule has 0 saturated heterocycles. The topological polar surface area (TPSA) is 15.3 Å². The molecule has 1 atom stereocenters. The Balaban J connectivity index is 1.99. The highest BCUT2D eigenvalue weighted by molar-refractivity contribution is 5.55. The summed E-state index contributed by atoms with van der Waals surface area (Å²) in [6.07, 6.45) is 9.38. The van der Waals surface area contributed by atoms with Crippen LogP contribution in [-0.2, 0) is 0 Å². The zero-order valence-electron chi connectivity index (χ0n) is 13.9. The molecule has 0 amide bonds. The van der Waals surface area contributed by atoms with Gasteiger partial charge in [0, 0.05) is 24.8 Å². The summed E-state index contributed by atoms with van der Waals surface area (Å²) < 4.78 is 0. The molecule has 1 aromatic carbocycles. The standard InChI is InChI=1S/C19H32N2/c1-3-5-6-7-10-15-21-16-11-13-18(20-4-2)17-12-8-9-14-19(17)21/h8-9,12,14,18,20H,3-7,10-11,13,15-16H2,1-2H3. The van der Waals surface area contributed by atoms with Crippen LogP contribution in [0.25, 0.3) is 0 Å². The fourth-order valence-corrected chi connectivity index (χ4v) is 3.43. The van der Waals surface area contributed by atoms with Gasteiger partial charge in [0.2, 0.25) is 0 Å². The molecule has 1 heterocycles. The highest BCUT2D eigenvalue weighted by Crippen LogP contribution is 2.32. The van der Waals surface area contributed by atoms with Crippen molar-refractivity contribution in [1.29, 1.82) is 0 Å². The van der Waals surface area contributed by atoms with E-state index < -0.39 is 0 Å². The van der Waals surface area contributed by atoms with E-state index in [1.807, 2.05) is 0 Å². The van der Waals surface area contributed by atoms with Crippen LogP contribution in [0.5, 0.6) is 0 Å². The first-order chi connectivity index (χ1) is 10.4. The average molecular weight is 288 g/mol.